The number of nitrogens with zero attached hydrogens (tertiary/aromatic N) is 2. The summed E-state index contributed by atoms with van der Waals surface area (Å²) < 4.78 is 6.04. The van der Waals surface area contributed by atoms with Crippen LogP contribution in [0.4, 0.5) is 5.69 Å². The Kier molecular flexibility index (Phi) is 6.32. The molecule has 5 N–H and O–H groups in total. The molecule has 4 rings (SSSR count). The molecular weight excluding hydrogens is 449 g/mol. The number of hydrogen-bond donors (Lipinski definition) is 4. The van der Waals surface area contributed by atoms with Crippen molar-refractivity contribution in [1.82, 2.24) is 15.0 Å². The lowest BCUT2D eigenvalue weighted by Crippen LogP contribution is -2.09. The lowest BCUT2D eigenvalue weighted by molar-refractivity contribution is 0.227. The summed E-state index contributed by atoms with van der Waals surface area (Å²) in [6.07, 6.45) is 3.14. The molecule has 0 saturated carbocycles. The highest BCUT2D eigenvalue weighted by molar-refractivity contribution is 6.35. The zero-order valence-electron chi connectivity index (χ0n) is 17.2. The standard InChI is InChI=1S/C23H21Cl2N5O2/c1-12(21-16(24)10-28-11-17(21)25)32-14-3-4-18(26)15(9-14)22(27)23-29-19-5-2-13(6-7-31)8-20(19)30-23/h2-5,8-12,27,31H,6-7,26H2,1H3,(H,29,30). The highest BCUT2D eigenvalue weighted by Gasteiger charge is 2.18. The number of rotatable bonds is 7. The highest BCUT2D eigenvalue weighted by Crippen LogP contribution is 2.33. The fourth-order valence-corrected chi connectivity index (χ4v) is 4.16. The number of aliphatic hydroxyl groups is 1. The lowest BCUT2D eigenvalue weighted by Gasteiger charge is -2.18. The van der Waals surface area contributed by atoms with Crippen molar-refractivity contribution in [2.75, 3.05) is 12.3 Å². The minimum atomic E-state index is -0.445. The van der Waals surface area contributed by atoms with Crippen LogP contribution in [0, 0.1) is 5.41 Å². The van der Waals surface area contributed by atoms with E-state index in [1.165, 1.54) is 12.4 Å². The zero-order chi connectivity index (χ0) is 22.8. The molecule has 4 aromatic rings. The Morgan fingerprint density at radius 3 is 2.66 bits per heavy atom. The Morgan fingerprint density at radius 1 is 1.19 bits per heavy atom. The summed E-state index contributed by atoms with van der Waals surface area (Å²) in [6.45, 7) is 1.90. The van der Waals surface area contributed by atoms with Gasteiger partial charge in [0.2, 0.25) is 0 Å². The molecule has 0 radical (unpaired) electrons. The first-order valence-corrected chi connectivity index (χ1v) is 10.7. The van der Waals surface area contributed by atoms with Crippen LogP contribution in [0.2, 0.25) is 10.0 Å². The number of fused-ring (bicyclic) bond motifs is 1. The van der Waals surface area contributed by atoms with Crippen LogP contribution in [0.3, 0.4) is 0 Å². The number of H-pyrrole nitrogens is 1. The van der Waals surface area contributed by atoms with E-state index >= 15 is 0 Å². The van der Waals surface area contributed by atoms with Gasteiger partial charge in [-0.1, -0.05) is 29.3 Å². The molecule has 0 aliphatic heterocycles. The molecule has 7 nitrogen and oxygen atoms in total. The molecule has 2 aromatic heterocycles. The first-order chi connectivity index (χ1) is 15.4. The SMILES string of the molecule is CC(Oc1ccc(N)c(C(=N)c2nc3ccc(CCO)cc3[nH]2)c1)c1c(Cl)cncc1Cl. The molecule has 0 fully saturated rings. The molecule has 32 heavy (non-hydrogen) atoms. The van der Waals surface area contributed by atoms with Gasteiger partial charge < -0.3 is 20.6 Å². The van der Waals surface area contributed by atoms with Crippen LogP contribution in [0.1, 0.15) is 35.5 Å². The predicted octanol–water partition coefficient (Wildman–Crippen LogP) is 4.94. The van der Waals surface area contributed by atoms with Crippen LogP contribution in [-0.2, 0) is 6.42 Å². The van der Waals surface area contributed by atoms with Gasteiger partial charge in [0.1, 0.15) is 17.6 Å². The number of nitrogens with two attached hydrogens (primary N) is 1. The summed E-state index contributed by atoms with van der Waals surface area (Å²) in [4.78, 5) is 11.6. The van der Waals surface area contributed by atoms with E-state index in [0.717, 1.165) is 16.6 Å². The van der Waals surface area contributed by atoms with Crippen molar-refractivity contribution in [1.29, 1.82) is 5.41 Å². The third-order valence-corrected chi connectivity index (χ3v) is 5.69. The second kappa shape index (κ2) is 9.16. The second-order valence-electron chi connectivity index (χ2n) is 7.31. The first kappa shape index (κ1) is 22.1. The Balaban J connectivity index is 1.62. The van der Waals surface area contributed by atoms with Crippen LogP contribution in [0.5, 0.6) is 5.75 Å². The van der Waals surface area contributed by atoms with Crippen LogP contribution >= 0.6 is 23.2 Å². The molecule has 0 aliphatic rings. The van der Waals surface area contributed by atoms with E-state index in [9.17, 15) is 0 Å². The van der Waals surface area contributed by atoms with Gasteiger partial charge in [-0.3, -0.25) is 10.4 Å². The van der Waals surface area contributed by atoms with Crippen molar-refractivity contribution in [2.24, 2.45) is 0 Å². The van der Waals surface area contributed by atoms with Gasteiger partial charge in [0.05, 0.1) is 21.1 Å². The number of nitrogen functional groups attached to an aromatic ring is 1. The maximum Gasteiger partial charge on any atom is 0.157 e. The predicted molar refractivity (Wildman–Crippen MR) is 127 cm³/mol. The summed E-state index contributed by atoms with van der Waals surface area (Å²) in [5.74, 6) is 0.898. The van der Waals surface area contributed by atoms with Crippen molar-refractivity contribution in [2.45, 2.75) is 19.4 Å². The topological polar surface area (TPSA) is 121 Å². The summed E-state index contributed by atoms with van der Waals surface area (Å²) in [6, 6.07) is 10.8. The van der Waals surface area contributed by atoms with E-state index in [1.54, 1.807) is 18.2 Å². The molecule has 0 saturated heterocycles. The number of nitrogens with one attached hydrogen (secondary N) is 2. The molecule has 2 aromatic carbocycles. The summed E-state index contributed by atoms with van der Waals surface area (Å²) >= 11 is 12.5. The number of benzene rings is 2. The third kappa shape index (κ3) is 4.41. The Morgan fingerprint density at radius 2 is 1.94 bits per heavy atom. The van der Waals surface area contributed by atoms with Gasteiger partial charge in [-0.05, 0) is 49.2 Å². The highest BCUT2D eigenvalue weighted by atomic mass is 35.5. The van der Waals surface area contributed by atoms with Crippen molar-refractivity contribution >= 4 is 45.6 Å². The number of aromatic amines is 1. The monoisotopic (exact) mass is 469 g/mol. The summed E-state index contributed by atoms with van der Waals surface area (Å²) in [5, 5.41) is 18.6. The number of aromatic nitrogens is 3. The number of imidazole rings is 1. The molecule has 1 atom stereocenters. The van der Waals surface area contributed by atoms with Crippen LogP contribution in [-0.4, -0.2) is 32.4 Å². The molecule has 164 valence electrons. The quantitative estimate of drug-likeness (QED) is 0.225. The molecule has 2 heterocycles. The number of ether oxygens (including phenoxy) is 1. The van der Waals surface area contributed by atoms with Gasteiger partial charge in [0.15, 0.2) is 5.82 Å². The average molecular weight is 470 g/mol. The van der Waals surface area contributed by atoms with Gasteiger partial charge in [0, 0.05) is 35.8 Å². The lowest BCUT2D eigenvalue weighted by atomic mass is 10.1. The van der Waals surface area contributed by atoms with Gasteiger partial charge in [-0.25, -0.2) is 4.98 Å². The first-order valence-electron chi connectivity index (χ1n) is 9.91. The van der Waals surface area contributed by atoms with Crippen LogP contribution in [0.25, 0.3) is 11.0 Å². The second-order valence-corrected chi connectivity index (χ2v) is 8.13. The summed E-state index contributed by atoms with van der Waals surface area (Å²) in [5.41, 5.74) is 10.3. The molecule has 0 amide bonds. The van der Waals surface area contributed by atoms with E-state index in [0.29, 0.717) is 44.9 Å². The van der Waals surface area contributed by atoms with E-state index in [4.69, 9.17) is 44.2 Å². The number of halogens is 2. The van der Waals surface area contributed by atoms with Gasteiger partial charge in [0.25, 0.3) is 0 Å². The molecule has 9 heteroatoms. The van der Waals surface area contributed by atoms with E-state index in [2.05, 4.69) is 15.0 Å². The van der Waals surface area contributed by atoms with Crippen LogP contribution < -0.4 is 10.5 Å². The van der Waals surface area contributed by atoms with Crippen molar-refractivity contribution in [3.05, 3.63) is 81.4 Å². The molecule has 1 unspecified atom stereocenters. The Labute approximate surface area is 194 Å². The zero-order valence-corrected chi connectivity index (χ0v) is 18.7. The van der Waals surface area contributed by atoms with Crippen molar-refractivity contribution in [3.8, 4) is 5.75 Å². The van der Waals surface area contributed by atoms with Crippen LogP contribution in [0.15, 0.2) is 48.8 Å². The van der Waals surface area contributed by atoms with E-state index in [1.807, 2.05) is 25.1 Å². The number of aliphatic hydroxyl groups excluding tert-OH is 1. The maximum absolute atomic E-state index is 9.15. The number of hydrogen-bond acceptors (Lipinski definition) is 6. The maximum atomic E-state index is 9.15. The van der Waals surface area contributed by atoms with E-state index in [-0.39, 0.29) is 12.3 Å². The minimum Gasteiger partial charge on any atom is -0.486 e. The number of pyridine rings is 1. The Bertz CT molecular complexity index is 1280. The fraction of sp³-hybridized carbons (Fsp3) is 0.174. The van der Waals surface area contributed by atoms with Crippen molar-refractivity contribution < 1.29 is 9.84 Å². The minimum absolute atomic E-state index is 0.0694. The normalized spacial score (nSPS) is 12.1. The average Bonchev–Trinajstić information content (AvgIpc) is 3.18. The number of anilines is 1. The smallest absolute Gasteiger partial charge is 0.157 e. The molecule has 0 aliphatic carbocycles. The fourth-order valence-electron chi connectivity index (χ4n) is 3.49. The molecule has 0 bridgehead atoms. The summed E-state index contributed by atoms with van der Waals surface area (Å²) in [7, 11) is 0. The van der Waals surface area contributed by atoms with Crippen molar-refractivity contribution in [3.63, 3.8) is 0 Å². The van der Waals surface area contributed by atoms with E-state index < -0.39 is 6.10 Å². The largest absolute Gasteiger partial charge is 0.486 e. The molecular formula is C23H21Cl2N5O2. The van der Waals surface area contributed by atoms with Gasteiger partial charge in [-0.2, -0.15) is 0 Å². The van der Waals surface area contributed by atoms with Gasteiger partial charge in [-0.15, -0.1) is 0 Å². The third-order valence-electron chi connectivity index (χ3n) is 5.09. The molecule has 0 spiro atoms. The van der Waals surface area contributed by atoms with Gasteiger partial charge >= 0.3 is 0 Å². The Hall–Kier alpha value is -3.13.